The van der Waals surface area contributed by atoms with Crippen molar-refractivity contribution >= 4 is 34.9 Å². The van der Waals surface area contributed by atoms with Gasteiger partial charge in [0.15, 0.2) is 0 Å². The van der Waals surface area contributed by atoms with Crippen LogP contribution in [-0.4, -0.2) is 13.3 Å². The Morgan fingerprint density at radius 3 is 2.19 bits per heavy atom. The van der Waals surface area contributed by atoms with E-state index in [1.807, 2.05) is 26.1 Å². The fourth-order valence-electron chi connectivity index (χ4n) is 2.89. The number of aldehydes is 1. The third-order valence-electron chi connectivity index (χ3n) is 4.17. The van der Waals surface area contributed by atoms with Crippen LogP contribution in [0.15, 0.2) is 67.8 Å². The summed E-state index contributed by atoms with van der Waals surface area (Å²) in [7, 11) is 1.93. The molecule has 0 saturated heterocycles. The number of carbonyl (C=O) groups excluding carboxylic acids is 1. The number of carbonyl (C=O) groups is 1. The Labute approximate surface area is 155 Å². The highest BCUT2D eigenvalue weighted by molar-refractivity contribution is 6.03. The van der Waals surface area contributed by atoms with Crippen molar-refractivity contribution in [3.05, 3.63) is 78.9 Å². The van der Waals surface area contributed by atoms with Gasteiger partial charge in [0.05, 0.1) is 0 Å². The molecule has 0 heterocycles. The zero-order valence-electron chi connectivity index (χ0n) is 15.5. The zero-order chi connectivity index (χ0) is 18.9. The van der Waals surface area contributed by atoms with Gasteiger partial charge in [0, 0.05) is 19.2 Å². The van der Waals surface area contributed by atoms with Crippen molar-refractivity contribution in [1.82, 2.24) is 0 Å². The van der Waals surface area contributed by atoms with E-state index in [0.717, 1.165) is 23.1 Å². The normalized spacial score (nSPS) is 9.77. The average molecular weight is 343 g/mol. The van der Waals surface area contributed by atoms with Gasteiger partial charge in [-0.2, -0.15) is 0 Å². The van der Waals surface area contributed by atoms with Crippen molar-refractivity contribution in [2.75, 3.05) is 12.4 Å². The Hall–Kier alpha value is -3.13. The molecule has 0 aliphatic carbocycles. The van der Waals surface area contributed by atoms with Crippen LogP contribution in [-0.2, 0) is 4.79 Å². The largest absolute Gasteiger partial charge is 0.388 e. The highest BCUT2D eigenvalue weighted by Crippen LogP contribution is 2.36. The molecule has 26 heavy (non-hydrogen) atoms. The van der Waals surface area contributed by atoms with Crippen molar-refractivity contribution < 1.29 is 4.79 Å². The van der Waals surface area contributed by atoms with Gasteiger partial charge in [-0.05, 0) is 51.2 Å². The minimum atomic E-state index is 0.639. The van der Waals surface area contributed by atoms with E-state index in [9.17, 15) is 4.79 Å². The molecule has 3 aromatic rings. The lowest BCUT2D eigenvalue weighted by Crippen LogP contribution is -1.92. The molecule has 2 heteroatoms. The molecule has 3 rings (SSSR count). The van der Waals surface area contributed by atoms with E-state index in [1.54, 1.807) is 0 Å². The number of hydrogen-bond acceptors (Lipinski definition) is 2. The van der Waals surface area contributed by atoms with Gasteiger partial charge in [-0.1, -0.05) is 68.6 Å². The lowest BCUT2D eigenvalue weighted by molar-refractivity contribution is -0.107. The first-order valence-corrected chi connectivity index (χ1v) is 8.72. The summed E-state index contributed by atoms with van der Waals surface area (Å²) in [6.07, 6.45) is 5.33. The smallest absolute Gasteiger partial charge is 0.119 e. The van der Waals surface area contributed by atoms with E-state index < -0.39 is 0 Å². The molecule has 3 aromatic carbocycles. The Balaban J connectivity index is 0.000000552. The summed E-state index contributed by atoms with van der Waals surface area (Å²) in [5, 5.41) is 5.61. The first-order chi connectivity index (χ1) is 12.7. The first kappa shape index (κ1) is 19.2. The molecular weight excluding hydrogens is 318 g/mol. The fourth-order valence-corrected chi connectivity index (χ4v) is 2.89. The third-order valence-corrected chi connectivity index (χ3v) is 4.17. The van der Waals surface area contributed by atoms with Crippen molar-refractivity contribution in [2.24, 2.45) is 0 Å². The second kappa shape index (κ2) is 9.38. The number of fused-ring (bicyclic) bond motifs is 1. The lowest BCUT2D eigenvalue weighted by Gasteiger charge is -2.15. The molecule has 132 valence electrons. The lowest BCUT2D eigenvalue weighted by atomic mass is 9.89. The molecule has 2 nitrogen and oxygen atoms in total. The minimum Gasteiger partial charge on any atom is -0.388 e. The summed E-state index contributed by atoms with van der Waals surface area (Å²) < 4.78 is 0. The quantitative estimate of drug-likeness (QED) is 0.541. The van der Waals surface area contributed by atoms with Gasteiger partial charge in [-0.25, -0.2) is 0 Å². The van der Waals surface area contributed by atoms with Crippen molar-refractivity contribution in [3.8, 4) is 11.1 Å². The van der Waals surface area contributed by atoms with Gasteiger partial charge < -0.3 is 10.1 Å². The molecule has 0 aliphatic rings. The van der Waals surface area contributed by atoms with Crippen molar-refractivity contribution in [3.63, 3.8) is 0 Å². The number of anilines is 1. The van der Waals surface area contributed by atoms with Crippen molar-refractivity contribution in [1.29, 1.82) is 0 Å². The predicted molar refractivity (Wildman–Crippen MR) is 115 cm³/mol. The molecule has 0 amide bonds. The first-order valence-electron chi connectivity index (χ1n) is 8.72. The molecule has 0 atom stereocenters. The van der Waals surface area contributed by atoms with Gasteiger partial charge in [0.25, 0.3) is 0 Å². The maximum atomic E-state index is 9.17. The summed E-state index contributed by atoms with van der Waals surface area (Å²) in [5.41, 5.74) is 5.75. The van der Waals surface area contributed by atoms with Crippen LogP contribution in [0.25, 0.3) is 34.1 Å². The average Bonchev–Trinajstić information content (AvgIpc) is 2.72. The van der Waals surface area contributed by atoms with Crippen LogP contribution in [0.4, 0.5) is 5.69 Å². The summed E-state index contributed by atoms with van der Waals surface area (Å²) in [6, 6.07) is 19.1. The van der Waals surface area contributed by atoms with Crippen LogP contribution in [0.1, 0.15) is 24.5 Å². The highest BCUT2D eigenvalue weighted by atomic mass is 16.1. The van der Waals surface area contributed by atoms with Crippen LogP contribution in [0.2, 0.25) is 0 Å². The van der Waals surface area contributed by atoms with Gasteiger partial charge in [-0.3, -0.25) is 0 Å². The molecule has 0 radical (unpaired) electrons. The van der Waals surface area contributed by atoms with Gasteiger partial charge in [0.2, 0.25) is 0 Å². The molecule has 0 bridgehead atoms. The Kier molecular flexibility index (Phi) is 6.92. The van der Waals surface area contributed by atoms with Crippen LogP contribution in [0.3, 0.4) is 0 Å². The SMILES string of the molecule is C=Cc1cc2ccccc2c(-c2ccc(NC)cc2)c1C=C.CCC=O. The summed E-state index contributed by atoms with van der Waals surface area (Å²) in [5.74, 6) is 0. The Morgan fingerprint density at radius 2 is 1.65 bits per heavy atom. The van der Waals surface area contributed by atoms with E-state index in [4.69, 9.17) is 0 Å². The number of nitrogens with one attached hydrogen (secondary N) is 1. The number of benzene rings is 3. The second-order valence-electron chi connectivity index (χ2n) is 5.79. The molecule has 0 aromatic heterocycles. The van der Waals surface area contributed by atoms with Crippen molar-refractivity contribution in [2.45, 2.75) is 13.3 Å². The maximum Gasteiger partial charge on any atom is 0.119 e. The van der Waals surface area contributed by atoms with E-state index >= 15 is 0 Å². The minimum absolute atomic E-state index is 0.639. The van der Waals surface area contributed by atoms with E-state index in [1.165, 1.54) is 21.9 Å². The standard InChI is InChI=1S/C21H19N.C3H6O/c1-4-15-14-17-8-6-7-9-20(17)21(19(15)5-2)16-10-12-18(22-3)13-11-16;1-2-3-4/h4-14,22H,1-2H2,3H3;3H,2H2,1H3. The summed E-state index contributed by atoms with van der Waals surface area (Å²) >= 11 is 0. The Bertz CT molecular complexity index is 907. The number of rotatable bonds is 5. The van der Waals surface area contributed by atoms with Gasteiger partial charge >= 0.3 is 0 Å². The highest BCUT2D eigenvalue weighted by Gasteiger charge is 2.11. The second-order valence-corrected chi connectivity index (χ2v) is 5.79. The van der Waals surface area contributed by atoms with E-state index in [0.29, 0.717) is 6.42 Å². The van der Waals surface area contributed by atoms with Gasteiger partial charge in [0.1, 0.15) is 6.29 Å². The maximum absolute atomic E-state index is 9.17. The molecule has 0 spiro atoms. The van der Waals surface area contributed by atoms with Crippen LogP contribution >= 0.6 is 0 Å². The van der Waals surface area contributed by atoms with E-state index in [2.05, 4.69) is 73.1 Å². The monoisotopic (exact) mass is 343 g/mol. The molecule has 0 fully saturated rings. The predicted octanol–water partition coefficient (Wildman–Crippen LogP) is 6.43. The van der Waals surface area contributed by atoms with Crippen LogP contribution < -0.4 is 5.32 Å². The topological polar surface area (TPSA) is 29.1 Å². The fraction of sp³-hybridized carbons (Fsp3) is 0.125. The zero-order valence-corrected chi connectivity index (χ0v) is 15.5. The third kappa shape index (κ3) is 4.09. The molecule has 0 aliphatic heterocycles. The van der Waals surface area contributed by atoms with Crippen LogP contribution in [0.5, 0.6) is 0 Å². The molecular formula is C24H25NO. The summed E-state index contributed by atoms with van der Waals surface area (Å²) in [6.45, 7) is 9.77. The number of hydrogen-bond donors (Lipinski definition) is 1. The molecule has 1 N–H and O–H groups in total. The van der Waals surface area contributed by atoms with Gasteiger partial charge in [-0.15, -0.1) is 0 Å². The summed E-state index contributed by atoms with van der Waals surface area (Å²) in [4.78, 5) is 9.17. The van der Waals surface area contributed by atoms with Crippen LogP contribution in [0, 0.1) is 0 Å². The van der Waals surface area contributed by atoms with E-state index in [-0.39, 0.29) is 0 Å². The Morgan fingerprint density at radius 1 is 1.00 bits per heavy atom. The molecule has 0 unspecified atom stereocenters. The molecule has 0 saturated carbocycles.